The third-order valence-corrected chi connectivity index (χ3v) is 5.47. The lowest BCUT2D eigenvalue weighted by molar-refractivity contribution is 0.864. The quantitative estimate of drug-likeness (QED) is 0.416. The van der Waals surface area contributed by atoms with Crippen LogP contribution in [0.5, 0.6) is 0 Å². The molecule has 0 saturated carbocycles. The number of aromatic nitrogens is 4. The summed E-state index contributed by atoms with van der Waals surface area (Å²) in [7, 11) is 0. The van der Waals surface area contributed by atoms with Crippen LogP contribution in [0.25, 0.3) is 5.78 Å². The molecule has 2 aromatic carbocycles. The predicted molar refractivity (Wildman–Crippen MR) is 125 cm³/mol. The van der Waals surface area contributed by atoms with Crippen LogP contribution in [0, 0.1) is 13.8 Å². The number of aryl methyl sites for hydroxylation is 2. The molecule has 2 aromatic heterocycles. The third kappa shape index (κ3) is 4.77. The van der Waals surface area contributed by atoms with E-state index in [0.717, 1.165) is 11.3 Å². The Morgan fingerprint density at radius 1 is 0.935 bits per heavy atom. The molecule has 0 bridgehead atoms. The highest BCUT2D eigenvalue weighted by molar-refractivity contribution is 5.48. The first-order valence-corrected chi connectivity index (χ1v) is 10.5. The SMILES string of the molecule is Cc1ccc(NCc2cc(=O)n3[nH]c(NCc4ccc(C(C)C)cc4)nc3n2)cc1C. The van der Waals surface area contributed by atoms with E-state index in [4.69, 9.17) is 0 Å². The zero-order valence-corrected chi connectivity index (χ0v) is 18.4. The number of benzene rings is 2. The lowest BCUT2D eigenvalue weighted by Gasteiger charge is -2.08. The summed E-state index contributed by atoms with van der Waals surface area (Å²) >= 11 is 0. The first-order valence-electron chi connectivity index (χ1n) is 10.5. The van der Waals surface area contributed by atoms with E-state index in [9.17, 15) is 4.79 Å². The minimum atomic E-state index is -0.191. The van der Waals surface area contributed by atoms with Crippen LogP contribution in [-0.2, 0) is 13.1 Å². The Labute approximate surface area is 181 Å². The van der Waals surface area contributed by atoms with Gasteiger partial charge >= 0.3 is 0 Å². The molecule has 0 radical (unpaired) electrons. The summed E-state index contributed by atoms with van der Waals surface area (Å²) in [6, 6.07) is 16.2. The lowest BCUT2D eigenvalue weighted by atomic mass is 10.0. The lowest BCUT2D eigenvalue weighted by Crippen LogP contribution is -2.17. The Bertz CT molecular complexity index is 1250. The fourth-order valence-electron chi connectivity index (χ4n) is 3.35. The van der Waals surface area contributed by atoms with Crippen molar-refractivity contribution in [1.82, 2.24) is 19.6 Å². The Morgan fingerprint density at radius 2 is 1.71 bits per heavy atom. The molecule has 0 aliphatic carbocycles. The molecule has 7 nitrogen and oxygen atoms in total. The Balaban J connectivity index is 1.45. The van der Waals surface area contributed by atoms with Gasteiger partial charge in [-0.15, -0.1) is 0 Å². The van der Waals surface area contributed by atoms with Crippen molar-refractivity contribution < 1.29 is 0 Å². The van der Waals surface area contributed by atoms with Gasteiger partial charge in [0.05, 0.1) is 12.2 Å². The molecule has 4 rings (SSSR count). The number of hydrogen-bond acceptors (Lipinski definition) is 5. The van der Waals surface area contributed by atoms with E-state index in [-0.39, 0.29) is 5.56 Å². The average molecular weight is 417 g/mol. The number of fused-ring (bicyclic) bond motifs is 1. The van der Waals surface area contributed by atoms with Crippen LogP contribution in [0.3, 0.4) is 0 Å². The average Bonchev–Trinajstić information content (AvgIpc) is 3.17. The van der Waals surface area contributed by atoms with Crippen molar-refractivity contribution in [3.8, 4) is 0 Å². The van der Waals surface area contributed by atoms with Crippen LogP contribution in [-0.4, -0.2) is 19.6 Å². The third-order valence-electron chi connectivity index (χ3n) is 5.47. The van der Waals surface area contributed by atoms with Crippen LogP contribution in [0.4, 0.5) is 11.6 Å². The molecule has 0 spiro atoms. The van der Waals surface area contributed by atoms with E-state index >= 15 is 0 Å². The zero-order chi connectivity index (χ0) is 22.0. The second-order valence-corrected chi connectivity index (χ2v) is 8.20. The van der Waals surface area contributed by atoms with E-state index < -0.39 is 0 Å². The molecule has 4 aromatic rings. The fourth-order valence-corrected chi connectivity index (χ4v) is 3.35. The first kappa shape index (κ1) is 20.7. The summed E-state index contributed by atoms with van der Waals surface area (Å²) in [5, 5.41) is 9.53. The van der Waals surface area contributed by atoms with Crippen LogP contribution in [0.1, 0.15) is 47.7 Å². The van der Waals surface area contributed by atoms with Gasteiger partial charge in [0.25, 0.3) is 11.3 Å². The monoisotopic (exact) mass is 416 g/mol. The number of rotatable bonds is 7. The highest BCUT2D eigenvalue weighted by Gasteiger charge is 2.09. The van der Waals surface area contributed by atoms with Gasteiger partial charge in [-0.25, -0.2) is 4.98 Å². The molecule has 7 heteroatoms. The van der Waals surface area contributed by atoms with Crippen molar-refractivity contribution in [2.24, 2.45) is 0 Å². The number of hydrogen-bond donors (Lipinski definition) is 3. The highest BCUT2D eigenvalue weighted by Crippen LogP contribution is 2.16. The summed E-state index contributed by atoms with van der Waals surface area (Å²) in [5.41, 5.74) is 6.37. The number of aromatic amines is 1. The van der Waals surface area contributed by atoms with Crippen molar-refractivity contribution >= 4 is 17.4 Å². The highest BCUT2D eigenvalue weighted by atomic mass is 16.1. The predicted octanol–water partition coefficient (Wildman–Crippen LogP) is 4.38. The molecule has 3 N–H and O–H groups in total. The number of H-pyrrole nitrogens is 1. The van der Waals surface area contributed by atoms with Crippen LogP contribution in [0.2, 0.25) is 0 Å². The van der Waals surface area contributed by atoms with Crippen LogP contribution in [0.15, 0.2) is 53.3 Å². The fraction of sp³-hybridized carbons (Fsp3) is 0.292. The standard InChI is InChI=1S/C24H28N6O/c1-15(2)19-8-6-18(7-9-19)13-26-23-28-24-27-21(12-22(31)30(24)29-23)14-25-20-10-5-16(3)17(4)11-20/h5-12,15,25H,13-14H2,1-4H3,(H2,26,27,28,29). The maximum absolute atomic E-state index is 12.5. The van der Waals surface area contributed by atoms with E-state index in [1.54, 1.807) is 0 Å². The molecular formula is C24H28N6O. The summed E-state index contributed by atoms with van der Waals surface area (Å²) in [6.07, 6.45) is 0. The van der Waals surface area contributed by atoms with Gasteiger partial charge in [0, 0.05) is 18.3 Å². The largest absolute Gasteiger partial charge is 0.379 e. The summed E-state index contributed by atoms with van der Waals surface area (Å²) in [5.74, 6) is 1.37. The maximum atomic E-state index is 12.5. The molecular weight excluding hydrogens is 388 g/mol. The molecule has 2 heterocycles. The van der Waals surface area contributed by atoms with Crippen molar-refractivity contribution in [1.29, 1.82) is 0 Å². The topological polar surface area (TPSA) is 87.1 Å². The van der Waals surface area contributed by atoms with Crippen molar-refractivity contribution in [2.75, 3.05) is 10.6 Å². The maximum Gasteiger partial charge on any atom is 0.274 e. The molecule has 0 unspecified atom stereocenters. The molecule has 0 saturated heterocycles. The van der Waals surface area contributed by atoms with Gasteiger partial charge in [-0.2, -0.15) is 9.50 Å². The smallest absolute Gasteiger partial charge is 0.274 e. The second-order valence-electron chi connectivity index (χ2n) is 8.20. The summed E-state index contributed by atoms with van der Waals surface area (Å²) < 4.78 is 1.35. The second kappa shape index (κ2) is 8.63. The van der Waals surface area contributed by atoms with E-state index in [0.29, 0.717) is 36.4 Å². The minimum absolute atomic E-state index is 0.191. The van der Waals surface area contributed by atoms with Crippen molar-refractivity contribution in [3.05, 3.63) is 86.8 Å². The van der Waals surface area contributed by atoms with Gasteiger partial charge in [0.15, 0.2) is 0 Å². The van der Waals surface area contributed by atoms with Gasteiger partial charge < -0.3 is 10.6 Å². The van der Waals surface area contributed by atoms with Crippen LogP contribution < -0.4 is 16.2 Å². The first-order chi connectivity index (χ1) is 14.9. The van der Waals surface area contributed by atoms with Gasteiger partial charge in [-0.05, 0) is 54.2 Å². The van der Waals surface area contributed by atoms with E-state index in [1.807, 2.05) is 6.07 Å². The van der Waals surface area contributed by atoms with Gasteiger partial charge in [-0.1, -0.05) is 44.2 Å². The van der Waals surface area contributed by atoms with Gasteiger partial charge in [0.2, 0.25) is 5.95 Å². The van der Waals surface area contributed by atoms with Crippen LogP contribution >= 0.6 is 0 Å². The minimum Gasteiger partial charge on any atom is -0.379 e. The van der Waals surface area contributed by atoms with E-state index in [2.05, 4.69) is 89.8 Å². The van der Waals surface area contributed by atoms with E-state index in [1.165, 1.54) is 27.3 Å². The molecule has 0 aliphatic rings. The van der Waals surface area contributed by atoms with Crippen molar-refractivity contribution in [2.45, 2.75) is 46.7 Å². The summed E-state index contributed by atoms with van der Waals surface area (Å²) in [6.45, 7) is 9.57. The normalized spacial score (nSPS) is 11.3. The van der Waals surface area contributed by atoms with Gasteiger partial charge in [-0.3, -0.25) is 9.89 Å². The molecule has 0 aliphatic heterocycles. The molecule has 0 fully saturated rings. The summed E-state index contributed by atoms with van der Waals surface area (Å²) in [4.78, 5) is 21.4. The molecule has 160 valence electrons. The molecule has 31 heavy (non-hydrogen) atoms. The Hall–Kier alpha value is -3.61. The number of nitrogens with zero attached hydrogens (tertiary/aromatic N) is 3. The molecule has 0 atom stereocenters. The zero-order valence-electron chi connectivity index (χ0n) is 18.4. The number of anilines is 2. The van der Waals surface area contributed by atoms with Gasteiger partial charge in [0.1, 0.15) is 0 Å². The Kier molecular flexibility index (Phi) is 5.75. The molecule has 0 amide bonds. The van der Waals surface area contributed by atoms with Crippen molar-refractivity contribution in [3.63, 3.8) is 0 Å². The Morgan fingerprint density at radius 3 is 2.42 bits per heavy atom. The number of nitrogens with one attached hydrogen (secondary N) is 3.